The third-order valence-corrected chi connectivity index (χ3v) is 3.62. The highest BCUT2D eigenvalue weighted by Gasteiger charge is 2.00. The van der Waals surface area contributed by atoms with Crippen molar-refractivity contribution in [3.05, 3.63) is 18.6 Å². The molecule has 4 nitrogen and oxygen atoms in total. The summed E-state index contributed by atoms with van der Waals surface area (Å²) in [6.45, 7) is 0.313. The Labute approximate surface area is 105 Å². The monoisotopic (exact) mass is 251 g/mol. The van der Waals surface area contributed by atoms with Gasteiger partial charge in [0.05, 0.1) is 11.8 Å². The molecule has 2 rings (SSSR count). The zero-order valence-electron chi connectivity index (χ0n) is 9.72. The zero-order chi connectivity index (χ0) is 11.9. The van der Waals surface area contributed by atoms with E-state index in [1.54, 1.807) is 6.33 Å². The fraction of sp³-hybridized carbons (Fsp3) is 0.500. The van der Waals surface area contributed by atoms with E-state index in [-0.39, 0.29) is 0 Å². The van der Waals surface area contributed by atoms with E-state index >= 15 is 0 Å². The molecule has 0 fully saturated rings. The lowest BCUT2D eigenvalue weighted by Gasteiger charge is -2.01. The predicted molar refractivity (Wildman–Crippen MR) is 70.2 cm³/mol. The lowest BCUT2D eigenvalue weighted by molar-refractivity contribution is 0.283. The van der Waals surface area contributed by atoms with Crippen LogP contribution in [0.15, 0.2) is 23.5 Å². The molecular weight excluding hydrogens is 234 g/mol. The van der Waals surface area contributed by atoms with Gasteiger partial charge in [-0.1, -0.05) is 12.8 Å². The van der Waals surface area contributed by atoms with Crippen molar-refractivity contribution in [1.29, 1.82) is 0 Å². The van der Waals surface area contributed by atoms with Crippen molar-refractivity contribution in [1.82, 2.24) is 15.0 Å². The third kappa shape index (κ3) is 3.71. The molecule has 0 aliphatic rings. The van der Waals surface area contributed by atoms with Crippen LogP contribution in [0.2, 0.25) is 0 Å². The van der Waals surface area contributed by atoms with E-state index in [1.807, 2.05) is 18.0 Å². The van der Waals surface area contributed by atoms with E-state index in [0.717, 1.165) is 29.8 Å². The molecule has 0 aliphatic carbocycles. The molecule has 0 saturated carbocycles. The van der Waals surface area contributed by atoms with Gasteiger partial charge in [-0.3, -0.25) is 0 Å². The number of fused-ring (bicyclic) bond motifs is 1. The van der Waals surface area contributed by atoms with Gasteiger partial charge >= 0.3 is 0 Å². The lowest BCUT2D eigenvalue weighted by atomic mass is 10.2. The van der Waals surface area contributed by atoms with Crippen molar-refractivity contribution >= 4 is 22.9 Å². The summed E-state index contributed by atoms with van der Waals surface area (Å²) in [4.78, 5) is 12.6. The molecule has 0 atom stereocenters. The molecular formula is C12H17N3OS. The summed E-state index contributed by atoms with van der Waals surface area (Å²) in [7, 11) is 0. The number of aliphatic hydroxyl groups is 1. The summed E-state index contributed by atoms with van der Waals surface area (Å²) in [6.07, 6.45) is 7.96. The standard InChI is InChI=1S/C12H17N3OS/c16-5-3-1-2-4-6-17-10-7-11-12(13-8-10)15-9-14-11/h7-9,16H,1-6H2,(H,13,14,15). The van der Waals surface area contributed by atoms with Crippen LogP contribution in [0.4, 0.5) is 0 Å². The first-order chi connectivity index (χ1) is 8.40. The number of pyridine rings is 1. The first-order valence-electron chi connectivity index (χ1n) is 5.93. The Morgan fingerprint density at radius 1 is 1.18 bits per heavy atom. The van der Waals surface area contributed by atoms with Crippen LogP contribution < -0.4 is 0 Å². The maximum absolute atomic E-state index is 8.66. The highest BCUT2D eigenvalue weighted by Crippen LogP contribution is 2.21. The van der Waals surface area contributed by atoms with Crippen LogP contribution in [-0.2, 0) is 0 Å². The number of nitrogens with one attached hydrogen (secondary N) is 1. The maximum atomic E-state index is 8.66. The molecule has 2 aromatic rings. The molecule has 0 aromatic carbocycles. The van der Waals surface area contributed by atoms with Crippen molar-refractivity contribution in [2.45, 2.75) is 30.6 Å². The molecule has 2 aromatic heterocycles. The SMILES string of the molecule is OCCCCCCSc1cnc2nc[nH]c2c1. The minimum Gasteiger partial charge on any atom is -0.396 e. The normalized spacial score (nSPS) is 11.1. The lowest BCUT2D eigenvalue weighted by Crippen LogP contribution is -1.86. The van der Waals surface area contributed by atoms with Gasteiger partial charge in [-0.15, -0.1) is 11.8 Å². The number of nitrogens with zero attached hydrogens (tertiary/aromatic N) is 2. The molecule has 2 N–H and O–H groups in total. The maximum Gasteiger partial charge on any atom is 0.177 e. The Morgan fingerprint density at radius 2 is 2.06 bits per heavy atom. The topological polar surface area (TPSA) is 61.8 Å². The average molecular weight is 251 g/mol. The van der Waals surface area contributed by atoms with Crippen molar-refractivity contribution < 1.29 is 5.11 Å². The average Bonchev–Trinajstić information content (AvgIpc) is 2.81. The summed E-state index contributed by atoms with van der Waals surface area (Å²) >= 11 is 1.82. The van der Waals surface area contributed by atoms with Crippen molar-refractivity contribution in [3.8, 4) is 0 Å². The van der Waals surface area contributed by atoms with Gasteiger partial charge in [0.15, 0.2) is 5.65 Å². The van der Waals surface area contributed by atoms with Crippen LogP contribution in [0.25, 0.3) is 11.2 Å². The summed E-state index contributed by atoms with van der Waals surface area (Å²) < 4.78 is 0. The van der Waals surface area contributed by atoms with Crippen LogP contribution >= 0.6 is 11.8 Å². The minimum absolute atomic E-state index is 0.313. The predicted octanol–water partition coefficient (Wildman–Crippen LogP) is 2.60. The number of unbranched alkanes of at least 4 members (excludes halogenated alkanes) is 3. The van der Waals surface area contributed by atoms with Crippen LogP contribution in [0.1, 0.15) is 25.7 Å². The van der Waals surface area contributed by atoms with Gasteiger partial charge < -0.3 is 10.1 Å². The molecule has 2 heterocycles. The first-order valence-corrected chi connectivity index (χ1v) is 6.91. The highest BCUT2D eigenvalue weighted by atomic mass is 32.2. The van der Waals surface area contributed by atoms with Crippen LogP contribution in [0.5, 0.6) is 0 Å². The second kappa shape index (κ2) is 6.61. The largest absolute Gasteiger partial charge is 0.396 e. The number of H-pyrrole nitrogens is 1. The Bertz CT molecular complexity index is 458. The molecule has 0 unspecified atom stereocenters. The van der Waals surface area contributed by atoms with E-state index in [2.05, 4.69) is 21.0 Å². The van der Waals surface area contributed by atoms with Crippen molar-refractivity contribution in [2.75, 3.05) is 12.4 Å². The van der Waals surface area contributed by atoms with Gasteiger partial charge in [-0.2, -0.15) is 0 Å². The van der Waals surface area contributed by atoms with Gasteiger partial charge in [-0.25, -0.2) is 9.97 Å². The molecule has 0 amide bonds. The number of hydrogen-bond donors (Lipinski definition) is 2. The van der Waals surface area contributed by atoms with E-state index in [1.165, 1.54) is 17.7 Å². The summed E-state index contributed by atoms with van der Waals surface area (Å²) in [5.74, 6) is 1.10. The van der Waals surface area contributed by atoms with Crippen LogP contribution in [0.3, 0.4) is 0 Å². The second-order valence-electron chi connectivity index (χ2n) is 3.93. The van der Waals surface area contributed by atoms with E-state index < -0.39 is 0 Å². The zero-order valence-corrected chi connectivity index (χ0v) is 10.5. The molecule has 17 heavy (non-hydrogen) atoms. The number of aromatic amines is 1. The number of rotatable bonds is 7. The summed E-state index contributed by atoms with van der Waals surface area (Å²) in [6, 6.07) is 2.09. The van der Waals surface area contributed by atoms with Gasteiger partial charge in [0.25, 0.3) is 0 Å². The van der Waals surface area contributed by atoms with Gasteiger partial charge in [0, 0.05) is 17.7 Å². The second-order valence-corrected chi connectivity index (χ2v) is 5.10. The molecule has 0 radical (unpaired) electrons. The quantitative estimate of drug-likeness (QED) is 0.586. The fourth-order valence-electron chi connectivity index (χ4n) is 1.65. The molecule has 0 spiro atoms. The number of aromatic nitrogens is 3. The summed E-state index contributed by atoms with van der Waals surface area (Å²) in [5, 5.41) is 8.66. The van der Waals surface area contributed by atoms with Gasteiger partial charge in [0.1, 0.15) is 0 Å². The number of imidazole rings is 1. The third-order valence-electron chi connectivity index (χ3n) is 2.57. The molecule has 0 saturated heterocycles. The summed E-state index contributed by atoms with van der Waals surface area (Å²) in [5.41, 5.74) is 1.77. The van der Waals surface area contributed by atoms with E-state index in [9.17, 15) is 0 Å². The fourth-order valence-corrected chi connectivity index (χ4v) is 2.56. The molecule has 92 valence electrons. The van der Waals surface area contributed by atoms with Crippen LogP contribution in [0, 0.1) is 0 Å². The number of thioether (sulfide) groups is 1. The van der Waals surface area contributed by atoms with E-state index in [0.29, 0.717) is 6.61 Å². The molecule has 5 heteroatoms. The van der Waals surface area contributed by atoms with Crippen LogP contribution in [-0.4, -0.2) is 32.4 Å². The number of aliphatic hydroxyl groups excluding tert-OH is 1. The van der Waals surface area contributed by atoms with E-state index in [4.69, 9.17) is 5.11 Å². The molecule has 0 bridgehead atoms. The first kappa shape index (κ1) is 12.4. The Kier molecular flexibility index (Phi) is 4.82. The molecule has 0 aliphatic heterocycles. The van der Waals surface area contributed by atoms with Crippen molar-refractivity contribution in [3.63, 3.8) is 0 Å². The van der Waals surface area contributed by atoms with Gasteiger partial charge in [0.2, 0.25) is 0 Å². The van der Waals surface area contributed by atoms with Crippen molar-refractivity contribution in [2.24, 2.45) is 0 Å². The Morgan fingerprint density at radius 3 is 2.94 bits per heavy atom. The highest BCUT2D eigenvalue weighted by molar-refractivity contribution is 7.99. The Hall–Kier alpha value is -1.07. The number of hydrogen-bond acceptors (Lipinski definition) is 4. The Balaban J connectivity index is 1.75. The minimum atomic E-state index is 0.313. The smallest absolute Gasteiger partial charge is 0.177 e. The van der Waals surface area contributed by atoms with Gasteiger partial charge in [-0.05, 0) is 24.7 Å².